The molecular weight excluding hydrogens is 262 g/mol. The van der Waals surface area contributed by atoms with Gasteiger partial charge in [0.1, 0.15) is 0 Å². The summed E-state index contributed by atoms with van der Waals surface area (Å²) in [6.45, 7) is 2.31. The van der Waals surface area contributed by atoms with E-state index in [1.54, 1.807) is 5.57 Å². The minimum Gasteiger partial charge on any atom is -0.386 e. The minimum absolute atomic E-state index is 0.0289. The van der Waals surface area contributed by atoms with Gasteiger partial charge in [0.15, 0.2) is 0 Å². The van der Waals surface area contributed by atoms with E-state index in [-0.39, 0.29) is 11.5 Å². The molecule has 0 spiro atoms. The van der Waals surface area contributed by atoms with Crippen molar-refractivity contribution in [1.29, 1.82) is 0 Å². The van der Waals surface area contributed by atoms with Crippen molar-refractivity contribution in [2.24, 2.45) is 22.4 Å². The van der Waals surface area contributed by atoms with Gasteiger partial charge in [0.25, 0.3) is 0 Å². The lowest BCUT2D eigenvalue weighted by atomic mass is 9.55. The molecule has 5 atom stereocenters. The number of nitrogens with zero attached hydrogens (tertiary/aromatic N) is 1. The smallest absolute Gasteiger partial charge is 0.0976 e. The van der Waals surface area contributed by atoms with Crippen LogP contribution in [0, 0.1) is 22.2 Å². The van der Waals surface area contributed by atoms with Gasteiger partial charge in [0, 0.05) is 0 Å². The highest BCUT2D eigenvalue weighted by molar-refractivity contribution is 5.34. The maximum atomic E-state index is 11.2. The van der Waals surface area contributed by atoms with E-state index in [4.69, 9.17) is 0 Å². The average molecular weight is 289 g/mol. The summed E-state index contributed by atoms with van der Waals surface area (Å²) < 4.78 is 0. The first-order chi connectivity index (χ1) is 10.1. The summed E-state index contributed by atoms with van der Waals surface area (Å²) in [6, 6.07) is 0.0289. The molecule has 0 heterocycles. The fourth-order valence-electron chi connectivity index (χ4n) is 6.24. The Balaban J connectivity index is 1.72. The van der Waals surface area contributed by atoms with Gasteiger partial charge in [0.05, 0.1) is 11.6 Å². The Kier molecular flexibility index (Phi) is 3.08. The highest BCUT2D eigenvalue weighted by Crippen LogP contribution is 2.61. The molecule has 21 heavy (non-hydrogen) atoms. The van der Waals surface area contributed by atoms with E-state index in [0.717, 1.165) is 51.4 Å². The molecule has 116 valence electrons. The van der Waals surface area contributed by atoms with Gasteiger partial charge in [-0.3, -0.25) is 0 Å². The zero-order valence-electron chi connectivity index (χ0n) is 13.1. The molecule has 1 unspecified atom stereocenters. The number of hydrogen-bond donors (Lipinski definition) is 1. The number of rotatable bonds is 1. The lowest BCUT2D eigenvalue weighted by Gasteiger charge is -2.51. The third kappa shape index (κ3) is 1.82. The Hall–Kier alpha value is -0.700. The monoisotopic (exact) mass is 289 g/mol. The van der Waals surface area contributed by atoms with Crippen LogP contribution in [0.1, 0.15) is 71.1 Å². The van der Waals surface area contributed by atoms with Crippen molar-refractivity contribution in [3.05, 3.63) is 16.1 Å². The Labute approximate surface area is 127 Å². The molecule has 3 saturated carbocycles. The van der Waals surface area contributed by atoms with Gasteiger partial charge >= 0.3 is 0 Å². The van der Waals surface area contributed by atoms with E-state index in [1.165, 1.54) is 18.4 Å². The summed E-state index contributed by atoms with van der Waals surface area (Å²) in [7, 11) is 0. The summed E-state index contributed by atoms with van der Waals surface area (Å²) >= 11 is 0. The summed E-state index contributed by atoms with van der Waals surface area (Å²) in [5.74, 6) is 1.26. The first kappa shape index (κ1) is 13.9. The van der Waals surface area contributed by atoms with E-state index in [9.17, 15) is 10.0 Å². The van der Waals surface area contributed by atoms with E-state index >= 15 is 0 Å². The van der Waals surface area contributed by atoms with Gasteiger partial charge in [-0.1, -0.05) is 17.7 Å². The fraction of sp³-hybridized carbons (Fsp3) is 0.889. The van der Waals surface area contributed by atoms with Crippen LogP contribution < -0.4 is 0 Å². The third-order valence-electron chi connectivity index (χ3n) is 7.44. The molecule has 4 aliphatic rings. The summed E-state index contributed by atoms with van der Waals surface area (Å²) in [5, 5.41) is 14.5. The Bertz CT molecular complexity index is 499. The first-order valence-electron chi connectivity index (χ1n) is 8.86. The molecule has 0 radical (unpaired) electrons. The molecule has 0 aliphatic heterocycles. The number of aliphatic hydroxyl groups is 1. The maximum Gasteiger partial charge on any atom is 0.0976 e. The summed E-state index contributed by atoms with van der Waals surface area (Å²) in [4.78, 5) is 11.2. The molecule has 3 nitrogen and oxygen atoms in total. The van der Waals surface area contributed by atoms with Crippen LogP contribution in [0.4, 0.5) is 0 Å². The molecule has 0 bridgehead atoms. The van der Waals surface area contributed by atoms with E-state index in [1.807, 2.05) is 0 Å². The Morgan fingerprint density at radius 3 is 2.76 bits per heavy atom. The number of nitroso groups, excluding NO2 is 1. The molecule has 3 fully saturated rings. The van der Waals surface area contributed by atoms with Gasteiger partial charge in [-0.2, -0.15) is 4.91 Å². The molecule has 0 amide bonds. The first-order valence-corrected chi connectivity index (χ1v) is 8.86. The van der Waals surface area contributed by atoms with Crippen molar-refractivity contribution in [2.75, 3.05) is 0 Å². The lowest BCUT2D eigenvalue weighted by Crippen LogP contribution is -2.46. The van der Waals surface area contributed by atoms with E-state index < -0.39 is 5.60 Å². The number of hydrogen-bond acceptors (Lipinski definition) is 3. The zero-order chi connectivity index (χ0) is 14.7. The van der Waals surface area contributed by atoms with Gasteiger partial charge in [-0.25, -0.2) is 0 Å². The van der Waals surface area contributed by atoms with Crippen LogP contribution in [0.25, 0.3) is 0 Å². The summed E-state index contributed by atoms with van der Waals surface area (Å²) in [5.41, 5.74) is 2.66. The zero-order valence-corrected chi connectivity index (χ0v) is 13.1. The SMILES string of the molecule is C[C@]12CCC3=C4CCCC[C@]4(O)CC[C@H]3[C@@H]1CCC2N=O. The predicted molar refractivity (Wildman–Crippen MR) is 82.8 cm³/mol. The van der Waals surface area contributed by atoms with Gasteiger partial charge in [-0.05, 0) is 87.0 Å². The van der Waals surface area contributed by atoms with Crippen molar-refractivity contribution in [3.8, 4) is 0 Å². The van der Waals surface area contributed by atoms with Crippen LogP contribution >= 0.6 is 0 Å². The molecule has 0 aromatic heterocycles. The third-order valence-corrected chi connectivity index (χ3v) is 7.44. The Morgan fingerprint density at radius 2 is 1.95 bits per heavy atom. The molecule has 0 saturated heterocycles. The van der Waals surface area contributed by atoms with Gasteiger partial charge < -0.3 is 5.11 Å². The second-order valence-corrected chi connectivity index (χ2v) is 8.20. The predicted octanol–water partition coefficient (Wildman–Crippen LogP) is 4.34. The van der Waals surface area contributed by atoms with E-state index in [0.29, 0.717) is 11.8 Å². The summed E-state index contributed by atoms with van der Waals surface area (Å²) in [6.07, 6.45) is 10.9. The van der Waals surface area contributed by atoms with E-state index in [2.05, 4.69) is 12.1 Å². The molecule has 0 aromatic rings. The highest BCUT2D eigenvalue weighted by atomic mass is 16.3. The normalized spacial score (nSPS) is 49.3. The van der Waals surface area contributed by atoms with Crippen molar-refractivity contribution >= 4 is 0 Å². The molecule has 4 aliphatic carbocycles. The maximum absolute atomic E-state index is 11.2. The molecule has 3 heteroatoms. The van der Waals surface area contributed by atoms with Crippen LogP contribution in [-0.2, 0) is 0 Å². The molecule has 1 N–H and O–H groups in total. The topological polar surface area (TPSA) is 49.7 Å². The second-order valence-electron chi connectivity index (χ2n) is 8.20. The van der Waals surface area contributed by atoms with Crippen molar-refractivity contribution in [1.82, 2.24) is 0 Å². The lowest BCUT2D eigenvalue weighted by molar-refractivity contribution is 0.00608. The molecular formula is C18H27NO2. The largest absolute Gasteiger partial charge is 0.386 e. The van der Waals surface area contributed by atoms with Crippen LogP contribution in [-0.4, -0.2) is 16.7 Å². The number of allylic oxidation sites excluding steroid dienone is 1. The highest BCUT2D eigenvalue weighted by Gasteiger charge is 2.56. The van der Waals surface area contributed by atoms with Crippen LogP contribution in [0.5, 0.6) is 0 Å². The minimum atomic E-state index is -0.473. The Morgan fingerprint density at radius 1 is 1.10 bits per heavy atom. The average Bonchev–Trinajstić information content (AvgIpc) is 2.83. The van der Waals surface area contributed by atoms with Crippen molar-refractivity contribution in [2.45, 2.75) is 82.8 Å². The second kappa shape index (κ2) is 4.65. The molecule has 0 aromatic carbocycles. The molecule has 4 rings (SSSR count). The number of fused-ring (bicyclic) bond motifs is 4. The quantitative estimate of drug-likeness (QED) is 0.576. The van der Waals surface area contributed by atoms with Crippen molar-refractivity contribution < 1.29 is 5.11 Å². The fourth-order valence-corrected chi connectivity index (χ4v) is 6.24. The van der Waals surface area contributed by atoms with Crippen LogP contribution in [0.15, 0.2) is 16.3 Å². The van der Waals surface area contributed by atoms with Crippen LogP contribution in [0.2, 0.25) is 0 Å². The standard InChI is InChI=1S/C18H27NO2/c1-17-10-7-13-12(14(17)5-6-16(17)19-21)8-11-18(20)9-3-2-4-15(13)18/h12,14,16,20H,2-11H2,1H3/t12-,14+,16?,17+,18+/m1/s1. The van der Waals surface area contributed by atoms with Crippen LogP contribution in [0.3, 0.4) is 0 Å². The van der Waals surface area contributed by atoms with Gasteiger partial charge in [0.2, 0.25) is 0 Å². The van der Waals surface area contributed by atoms with Gasteiger partial charge in [-0.15, -0.1) is 0 Å². The van der Waals surface area contributed by atoms with Crippen molar-refractivity contribution in [3.63, 3.8) is 0 Å².